The highest BCUT2D eigenvalue weighted by Crippen LogP contribution is 2.40. The fraction of sp³-hybridized carbons (Fsp3) is 0.667. The van der Waals surface area contributed by atoms with Gasteiger partial charge in [-0.15, -0.1) is 0 Å². The lowest BCUT2D eigenvalue weighted by atomic mass is 9.73. The molecule has 6 nitrogen and oxygen atoms in total. The number of rotatable bonds is 5. The number of hydrogen-bond donors (Lipinski definition) is 0. The summed E-state index contributed by atoms with van der Waals surface area (Å²) in [5.41, 5.74) is -0.129. The summed E-state index contributed by atoms with van der Waals surface area (Å²) < 4.78 is 12.0. The van der Waals surface area contributed by atoms with Gasteiger partial charge < -0.3 is 19.3 Å². The average molecular weight is 333 g/mol. The normalized spacial score (nSPS) is 27.0. The van der Waals surface area contributed by atoms with Crippen molar-refractivity contribution in [3.63, 3.8) is 0 Å². The van der Waals surface area contributed by atoms with Crippen LogP contribution in [0.4, 0.5) is 0 Å². The first-order chi connectivity index (χ1) is 11.6. The Hall–Kier alpha value is -1.66. The van der Waals surface area contributed by atoms with Gasteiger partial charge in [-0.1, -0.05) is 6.07 Å². The lowest BCUT2D eigenvalue weighted by molar-refractivity contribution is -0.158. The maximum atomic E-state index is 12.5. The first-order valence-electron chi connectivity index (χ1n) is 8.67. The Labute approximate surface area is 143 Å². The number of ether oxygens (including phenoxy) is 2. The molecule has 2 atom stereocenters. The fourth-order valence-corrected chi connectivity index (χ4v) is 3.73. The standard InChI is InChI=1S/C18H27N3O3/c1-20(2)12-17(22)21-10-7-15-18(13-21,8-5-11-23-15)14-24-16-6-3-4-9-19-16/h3-4,6,9,15H,5,7-8,10-14H2,1-2H3/t15-,18+/m0/s1. The van der Waals surface area contributed by atoms with Crippen LogP contribution in [0, 0.1) is 5.41 Å². The Balaban J connectivity index is 1.70. The number of hydrogen-bond acceptors (Lipinski definition) is 5. The van der Waals surface area contributed by atoms with E-state index < -0.39 is 0 Å². The molecule has 2 saturated heterocycles. The van der Waals surface area contributed by atoms with Crippen molar-refractivity contribution in [2.75, 3.05) is 46.9 Å². The van der Waals surface area contributed by atoms with Gasteiger partial charge in [0.15, 0.2) is 0 Å². The van der Waals surface area contributed by atoms with Crippen molar-refractivity contribution in [3.8, 4) is 5.88 Å². The number of nitrogens with zero attached hydrogens (tertiary/aromatic N) is 3. The average Bonchev–Trinajstić information content (AvgIpc) is 2.60. The van der Waals surface area contributed by atoms with Crippen LogP contribution < -0.4 is 4.74 Å². The van der Waals surface area contributed by atoms with E-state index in [1.807, 2.05) is 42.1 Å². The highest BCUT2D eigenvalue weighted by atomic mass is 16.5. The zero-order valence-electron chi connectivity index (χ0n) is 14.6. The molecule has 2 aliphatic heterocycles. The first kappa shape index (κ1) is 17.2. The van der Waals surface area contributed by atoms with Crippen molar-refractivity contribution in [1.82, 2.24) is 14.8 Å². The molecule has 3 heterocycles. The van der Waals surface area contributed by atoms with Crippen molar-refractivity contribution in [1.29, 1.82) is 0 Å². The minimum absolute atomic E-state index is 0.129. The summed E-state index contributed by atoms with van der Waals surface area (Å²) in [7, 11) is 3.85. The van der Waals surface area contributed by atoms with E-state index in [2.05, 4.69) is 4.98 Å². The molecule has 132 valence electrons. The maximum absolute atomic E-state index is 12.5. The predicted molar refractivity (Wildman–Crippen MR) is 90.9 cm³/mol. The summed E-state index contributed by atoms with van der Waals surface area (Å²) >= 11 is 0. The van der Waals surface area contributed by atoms with Crippen LogP contribution in [0.15, 0.2) is 24.4 Å². The molecule has 2 fully saturated rings. The second kappa shape index (κ2) is 7.49. The van der Waals surface area contributed by atoms with Crippen molar-refractivity contribution < 1.29 is 14.3 Å². The van der Waals surface area contributed by atoms with Gasteiger partial charge >= 0.3 is 0 Å². The molecule has 0 aromatic carbocycles. The number of likely N-dealkylation sites (N-methyl/N-ethyl adjacent to an activating group) is 1. The molecule has 1 amide bonds. The summed E-state index contributed by atoms with van der Waals surface area (Å²) in [6.45, 7) is 3.27. The van der Waals surface area contributed by atoms with Crippen molar-refractivity contribution in [2.45, 2.75) is 25.4 Å². The van der Waals surface area contributed by atoms with E-state index >= 15 is 0 Å². The molecular weight excluding hydrogens is 306 g/mol. The highest BCUT2D eigenvalue weighted by Gasteiger charge is 2.47. The highest BCUT2D eigenvalue weighted by molar-refractivity contribution is 5.78. The molecule has 0 spiro atoms. The third-order valence-corrected chi connectivity index (χ3v) is 4.94. The lowest BCUT2D eigenvalue weighted by Gasteiger charge is -2.50. The van der Waals surface area contributed by atoms with Crippen LogP contribution >= 0.6 is 0 Å². The Bertz CT molecular complexity index is 552. The van der Waals surface area contributed by atoms with E-state index in [9.17, 15) is 4.79 Å². The molecular formula is C18H27N3O3. The molecule has 0 bridgehead atoms. The topological polar surface area (TPSA) is 54.9 Å². The number of likely N-dealkylation sites (tertiary alicyclic amines) is 1. The predicted octanol–water partition coefficient (Wildman–Crippen LogP) is 1.42. The van der Waals surface area contributed by atoms with Gasteiger partial charge in [0.25, 0.3) is 0 Å². The second-order valence-corrected chi connectivity index (χ2v) is 7.12. The van der Waals surface area contributed by atoms with Gasteiger partial charge in [0, 0.05) is 37.4 Å². The Morgan fingerprint density at radius 3 is 3.12 bits per heavy atom. The monoisotopic (exact) mass is 333 g/mol. The summed E-state index contributed by atoms with van der Waals surface area (Å²) in [6.07, 6.45) is 4.81. The number of carbonyl (C=O) groups excluding carboxylic acids is 1. The van der Waals surface area contributed by atoms with Crippen molar-refractivity contribution in [3.05, 3.63) is 24.4 Å². The molecule has 6 heteroatoms. The largest absolute Gasteiger partial charge is 0.477 e. The molecule has 1 aromatic heterocycles. The van der Waals surface area contributed by atoms with Gasteiger partial charge in [-0.2, -0.15) is 0 Å². The summed E-state index contributed by atoms with van der Waals surface area (Å²) in [5.74, 6) is 0.814. The van der Waals surface area contributed by atoms with Gasteiger partial charge in [0.2, 0.25) is 11.8 Å². The molecule has 2 aliphatic rings. The molecule has 0 unspecified atom stereocenters. The van der Waals surface area contributed by atoms with Gasteiger partial charge in [0.1, 0.15) is 0 Å². The maximum Gasteiger partial charge on any atom is 0.236 e. The Morgan fingerprint density at radius 2 is 2.38 bits per heavy atom. The van der Waals surface area contributed by atoms with Gasteiger partial charge in [0.05, 0.1) is 19.3 Å². The number of carbonyl (C=O) groups is 1. The zero-order valence-corrected chi connectivity index (χ0v) is 14.6. The number of piperidine rings is 1. The molecule has 0 saturated carbocycles. The van der Waals surface area contributed by atoms with E-state index in [0.29, 0.717) is 25.6 Å². The third-order valence-electron chi connectivity index (χ3n) is 4.94. The first-order valence-corrected chi connectivity index (χ1v) is 8.67. The molecule has 0 radical (unpaired) electrons. The van der Waals surface area contributed by atoms with Crippen LogP contribution in [0.1, 0.15) is 19.3 Å². The van der Waals surface area contributed by atoms with Crippen LogP contribution in [-0.4, -0.2) is 73.7 Å². The van der Waals surface area contributed by atoms with E-state index in [1.54, 1.807) is 6.20 Å². The zero-order chi connectivity index (χ0) is 17.0. The second-order valence-electron chi connectivity index (χ2n) is 7.12. The third kappa shape index (κ3) is 3.87. The molecule has 1 aromatic rings. The van der Waals surface area contributed by atoms with Crippen LogP contribution in [-0.2, 0) is 9.53 Å². The van der Waals surface area contributed by atoms with E-state index in [1.165, 1.54) is 0 Å². The SMILES string of the molecule is CN(C)CC(=O)N1CC[C@@H]2OCCC[C@]2(COc2ccccn2)C1. The summed E-state index contributed by atoms with van der Waals surface area (Å²) in [4.78, 5) is 20.6. The minimum atomic E-state index is -0.129. The van der Waals surface area contributed by atoms with Crippen LogP contribution in [0.25, 0.3) is 0 Å². The number of amides is 1. The number of aromatic nitrogens is 1. The number of pyridine rings is 1. The molecule has 0 aliphatic carbocycles. The fourth-order valence-electron chi connectivity index (χ4n) is 3.73. The molecule has 24 heavy (non-hydrogen) atoms. The Morgan fingerprint density at radius 1 is 1.50 bits per heavy atom. The van der Waals surface area contributed by atoms with Crippen LogP contribution in [0.2, 0.25) is 0 Å². The van der Waals surface area contributed by atoms with E-state index in [0.717, 1.165) is 32.4 Å². The van der Waals surface area contributed by atoms with Gasteiger partial charge in [-0.05, 0) is 39.4 Å². The summed E-state index contributed by atoms with van der Waals surface area (Å²) in [5, 5.41) is 0. The van der Waals surface area contributed by atoms with Crippen molar-refractivity contribution >= 4 is 5.91 Å². The lowest BCUT2D eigenvalue weighted by Crippen LogP contribution is -2.59. The summed E-state index contributed by atoms with van der Waals surface area (Å²) in [6, 6.07) is 5.66. The molecule has 0 N–H and O–H groups in total. The van der Waals surface area contributed by atoms with Crippen molar-refractivity contribution in [2.24, 2.45) is 5.41 Å². The quantitative estimate of drug-likeness (QED) is 0.816. The smallest absolute Gasteiger partial charge is 0.236 e. The number of fused-ring (bicyclic) bond motifs is 1. The van der Waals surface area contributed by atoms with E-state index in [-0.39, 0.29) is 17.4 Å². The van der Waals surface area contributed by atoms with Gasteiger partial charge in [-0.3, -0.25) is 4.79 Å². The molecule has 3 rings (SSSR count). The van der Waals surface area contributed by atoms with Crippen LogP contribution in [0.5, 0.6) is 5.88 Å². The Kier molecular flexibility index (Phi) is 5.36. The van der Waals surface area contributed by atoms with E-state index in [4.69, 9.17) is 9.47 Å². The van der Waals surface area contributed by atoms with Crippen LogP contribution in [0.3, 0.4) is 0 Å². The minimum Gasteiger partial charge on any atom is -0.477 e. The van der Waals surface area contributed by atoms with Gasteiger partial charge in [-0.25, -0.2) is 4.98 Å².